The van der Waals surface area contributed by atoms with Crippen LogP contribution in [0.1, 0.15) is 87.7 Å². The Hall–Kier alpha value is -2.21. The van der Waals surface area contributed by atoms with Gasteiger partial charge in [0.2, 0.25) is 5.69 Å². The van der Waals surface area contributed by atoms with Gasteiger partial charge in [-0.25, -0.2) is 9.78 Å². The average molecular weight is 450 g/mol. The smallest absolute Gasteiger partial charge is 0.360 e. The van der Waals surface area contributed by atoms with Gasteiger partial charge in [-0.05, 0) is 81.3 Å². The third-order valence-corrected chi connectivity index (χ3v) is 9.25. The van der Waals surface area contributed by atoms with Crippen LogP contribution in [0.3, 0.4) is 0 Å². The average Bonchev–Trinajstić information content (AvgIpc) is 2.77. The molecule has 1 aromatic heterocycles. The number of para-hydroxylation sites is 2. The van der Waals surface area contributed by atoms with Gasteiger partial charge in [0.1, 0.15) is 0 Å². The van der Waals surface area contributed by atoms with Crippen molar-refractivity contribution in [2.45, 2.75) is 95.3 Å². The zero-order valence-corrected chi connectivity index (χ0v) is 19.5. The van der Waals surface area contributed by atoms with Crippen molar-refractivity contribution in [3.05, 3.63) is 40.3 Å². The summed E-state index contributed by atoms with van der Waals surface area (Å²) in [6.45, 7) is 2.38. The Morgan fingerprint density at radius 3 is 2.15 bits per heavy atom. The second-order valence-electron chi connectivity index (χ2n) is 11.3. The van der Waals surface area contributed by atoms with Crippen LogP contribution in [0.5, 0.6) is 0 Å². The molecule has 2 aromatic rings. The van der Waals surface area contributed by atoms with Gasteiger partial charge in [0.05, 0.1) is 11.0 Å². The van der Waals surface area contributed by atoms with Gasteiger partial charge in [-0.3, -0.25) is 9.69 Å². The molecule has 176 valence electrons. The van der Waals surface area contributed by atoms with Crippen LogP contribution in [0.4, 0.5) is 0 Å². The van der Waals surface area contributed by atoms with Crippen molar-refractivity contribution < 1.29 is 9.90 Å². The van der Waals surface area contributed by atoms with Gasteiger partial charge in [-0.2, -0.15) is 0 Å². The van der Waals surface area contributed by atoms with Crippen LogP contribution in [0.2, 0.25) is 0 Å². The predicted octanol–water partition coefficient (Wildman–Crippen LogP) is 4.87. The quantitative estimate of drug-likeness (QED) is 0.724. The second kappa shape index (κ2) is 8.23. The fourth-order valence-corrected chi connectivity index (χ4v) is 8.21. The minimum Gasteiger partial charge on any atom is -0.476 e. The molecule has 2 aliphatic heterocycles. The van der Waals surface area contributed by atoms with Crippen LogP contribution in [0.25, 0.3) is 11.0 Å². The number of aromatic carboxylic acids is 1. The number of aromatic nitrogens is 2. The number of rotatable bonds is 3. The van der Waals surface area contributed by atoms with Crippen LogP contribution >= 0.6 is 0 Å². The highest BCUT2D eigenvalue weighted by Gasteiger charge is 2.49. The number of hydrogen-bond acceptors (Lipinski definition) is 4. The van der Waals surface area contributed by atoms with Crippen molar-refractivity contribution in [3.8, 4) is 0 Å². The summed E-state index contributed by atoms with van der Waals surface area (Å²) in [5, 5.41) is 9.66. The lowest BCUT2D eigenvalue weighted by atomic mass is 9.65. The van der Waals surface area contributed by atoms with E-state index in [0.29, 0.717) is 23.5 Å². The van der Waals surface area contributed by atoms with E-state index in [-0.39, 0.29) is 11.7 Å². The number of hydrogen-bond donors (Lipinski definition) is 1. The lowest BCUT2D eigenvalue weighted by Gasteiger charge is -2.59. The minimum atomic E-state index is -1.24. The van der Waals surface area contributed by atoms with E-state index in [1.54, 1.807) is 4.57 Å². The first-order valence-electron chi connectivity index (χ1n) is 13.0. The molecule has 2 unspecified atom stereocenters. The van der Waals surface area contributed by atoms with E-state index < -0.39 is 11.5 Å². The topological polar surface area (TPSA) is 75.4 Å². The Morgan fingerprint density at radius 1 is 0.939 bits per heavy atom. The molecular formula is C27H35N3O3. The van der Waals surface area contributed by atoms with Crippen molar-refractivity contribution in [2.75, 3.05) is 0 Å². The van der Waals surface area contributed by atoms with Crippen molar-refractivity contribution >= 4 is 17.0 Å². The van der Waals surface area contributed by atoms with Gasteiger partial charge in [0, 0.05) is 24.2 Å². The normalized spacial score (nSPS) is 36.6. The third-order valence-electron chi connectivity index (χ3n) is 9.25. The molecule has 33 heavy (non-hydrogen) atoms. The van der Waals surface area contributed by atoms with Crippen LogP contribution in [0, 0.1) is 17.8 Å². The summed E-state index contributed by atoms with van der Waals surface area (Å²) in [6, 6.07) is 9.23. The summed E-state index contributed by atoms with van der Waals surface area (Å²) in [5.74, 6) is 1.16. The Labute approximate surface area is 195 Å². The zero-order chi connectivity index (χ0) is 22.7. The maximum Gasteiger partial charge on any atom is 0.360 e. The van der Waals surface area contributed by atoms with E-state index >= 15 is 0 Å². The molecule has 4 bridgehead atoms. The monoisotopic (exact) mass is 449 g/mol. The molecule has 0 amide bonds. The van der Waals surface area contributed by atoms with Crippen molar-refractivity contribution in [3.63, 3.8) is 0 Å². The maximum atomic E-state index is 13.4. The number of fused-ring (bicyclic) bond motifs is 6. The highest BCUT2D eigenvalue weighted by Crippen LogP contribution is 2.50. The third kappa shape index (κ3) is 3.52. The van der Waals surface area contributed by atoms with E-state index in [9.17, 15) is 14.7 Å². The van der Waals surface area contributed by atoms with E-state index in [2.05, 4.69) is 16.8 Å². The van der Waals surface area contributed by atoms with E-state index in [4.69, 9.17) is 0 Å². The number of carboxylic acid groups (broad SMARTS) is 1. The van der Waals surface area contributed by atoms with E-state index in [0.717, 1.165) is 36.2 Å². The molecule has 0 spiro atoms. The number of carbonyl (C=O) groups is 1. The Bertz CT molecular complexity index is 1090. The summed E-state index contributed by atoms with van der Waals surface area (Å²) in [6.07, 6.45) is 12.6. The van der Waals surface area contributed by atoms with Crippen LogP contribution < -0.4 is 5.56 Å². The van der Waals surface area contributed by atoms with Gasteiger partial charge in [-0.15, -0.1) is 0 Å². The SMILES string of the molecule is CC1C[C@@H]2CC(n3c(=O)c(C(=O)O)nc4ccccc43)C[C@H](C1)N2C1C2CCCC1CCC2. The first kappa shape index (κ1) is 21.3. The first-order chi connectivity index (χ1) is 16.0. The largest absolute Gasteiger partial charge is 0.476 e. The Morgan fingerprint density at radius 2 is 1.55 bits per heavy atom. The highest BCUT2D eigenvalue weighted by atomic mass is 16.4. The lowest BCUT2D eigenvalue weighted by Crippen LogP contribution is -2.63. The predicted molar refractivity (Wildman–Crippen MR) is 128 cm³/mol. The zero-order valence-electron chi connectivity index (χ0n) is 19.5. The van der Waals surface area contributed by atoms with Crippen LogP contribution in [-0.4, -0.2) is 43.7 Å². The molecular weight excluding hydrogens is 414 g/mol. The van der Waals surface area contributed by atoms with Gasteiger partial charge in [-0.1, -0.05) is 31.9 Å². The molecule has 6 nitrogen and oxygen atoms in total. The molecule has 2 saturated carbocycles. The summed E-state index contributed by atoms with van der Waals surface area (Å²) < 4.78 is 1.79. The van der Waals surface area contributed by atoms with Gasteiger partial charge in [0.25, 0.3) is 5.56 Å². The molecule has 1 N–H and O–H groups in total. The second-order valence-corrected chi connectivity index (χ2v) is 11.3. The molecule has 3 heterocycles. The maximum absolute atomic E-state index is 13.4. The standard InChI is InChI=1S/C27H35N3O3/c1-16-12-19-14-21(30-23-11-3-2-10-22(23)28-24(26(30)31)27(32)33)15-20(13-16)29(19)25-17-6-4-7-18(25)9-5-8-17/h2-3,10-11,16-21,25H,4-9,12-15H2,1H3,(H,32,33)/t16?,17?,18?,19-,20+,21?,25?. The van der Waals surface area contributed by atoms with Crippen LogP contribution in [-0.2, 0) is 0 Å². The molecule has 6 rings (SSSR count). The minimum absolute atomic E-state index is 0.0330. The fourth-order valence-electron chi connectivity index (χ4n) is 8.21. The van der Waals surface area contributed by atoms with Gasteiger partial charge in [0.15, 0.2) is 0 Å². The van der Waals surface area contributed by atoms with Crippen molar-refractivity contribution in [1.29, 1.82) is 0 Å². The number of benzene rings is 1. The molecule has 4 fully saturated rings. The Balaban J connectivity index is 1.40. The molecule has 2 saturated heterocycles. The Kier molecular flexibility index (Phi) is 5.32. The first-order valence-corrected chi connectivity index (χ1v) is 13.0. The lowest BCUT2D eigenvalue weighted by molar-refractivity contribution is -0.0922. The summed E-state index contributed by atoms with van der Waals surface area (Å²) in [4.78, 5) is 32.3. The number of carboxylic acids is 1. The summed E-state index contributed by atoms with van der Waals surface area (Å²) in [5.41, 5.74) is 0.570. The summed E-state index contributed by atoms with van der Waals surface area (Å²) in [7, 11) is 0. The van der Waals surface area contributed by atoms with E-state index in [1.165, 1.54) is 51.4 Å². The van der Waals surface area contributed by atoms with Crippen LogP contribution in [0.15, 0.2) is 29.1 Å². The molecule has 4 atom stereocenters. The highest BCUT2D eigenvalue weighted by molar-refractivity contribution is 5.88. The number of piperidine rings is 2. The molecule has 2 aliphatic carbocycles. The van der Waals surface area contributed by atoms with Crippen molar-refractivity contribution in [1.82, 2.24) is 14.5 Å². The summed E-state index contributed by atoms with van der Waals surface area (Å²) >= 11 is 0. The van der Waals surface area contributed by atoms with E-state index in [1.807, 2.05) is 24.3 Å². The van der Waals surface area contributed by atoms with Crippen molar-refractivity contribution in [2.24, 2.45) is 17.8 Å². The molecule has 6 heteroatoms. The number of nitrogens with zero attached hydrogens (tertiary/aromatic N) is 3. The van der Waals surface area contributed by atoms with Gasteiger partial charge < -0.3 is 9.67 Å². The van der Waals surface area contributed by atoms with Gasteiger partial charge >= 0.3 is 5.97 Å². The molecule has 4 aliphatic rings. The fraction of sp³-hybridized carbons (Fsp3) is 0.667. The molecule has 0 radical (unpaired) electrons. The molecule has 1 aromatic carbocycles.